The largest absolute Gasteiger partial charge is 0.393 e. The summed E-state index contributed by atoms with van der Waals surface area (Å²) in [4.78, 5) is 5.26. The van der Waals surface area contributed by atoms with E-state index < -0.39 is 6.10 Å². The lowest BCUT2D eigenvalue weighted by molar-refractivity contribution is -0.135. The highest BCUT2D eigenvalue weighted by Gasteiger charge is 2.31. The third-order valence-electron chi connectivity index (χ3n) is 6.53. The number of halogens is 1. The Labute approximate surface area is 194 Å². The molecule has 3 aromatic rings. The number of nitrogens with zero attached hydrogens (tertiary/aromatic N) is 1. The Morgan fingerprint density at radius 2 is 1.97 bits per heavy atom. The van der Waals surface area contributed by atoms with Gasteiger partial charge in [-0.3, -0.25) is 0 Å². The van der Waals surface area contributed by atoms with E-state index in [1.54, 1.807) is 0 Å². The Kier molecular flexibility index (Phi) is 6.54. The number of aromatic nitrogens is 1. The molecular formula is C26H31ClN2O3. The first-order valence-electron chi connectivity index (χ1n) is 11.7. The molecule has 2 N–H and O–H groups in total. The average Bonchev–Trinajstić information content (AvgIpc) is 3.56. The number of ether oxygens (including phenoxy) is 1. The first-order valence-corrected chi connectivity index (χ1v) is 12.0. The van der Waals surface area contributed by atoms with Gasteiger partial charge in [-0.15, -0.1) is 0 Å². The number of rotatable bonds is 8. The topological polar surface area (TPSA) is 55.6 Å². The first kappa shape index (κ1) is 21.9. The SMILES string of the molecule is CCONCC1CC(O)CC(n2cc(Cc3ccc(C4CC4)cc3)c3c(Cl)cccc32)O1. The highest BCUT2D eigenvalue weighted by molar-refractivity contribution is 6.35. The Balaban J connectivity index is 1.42. The number of hydroxylamine groups is 1. The molecule has 170 valence electrons. The molecule has 2 aromatic carbocycles. The molecule has 3 atom stereocenters. The Morgan fingerprint density at radius 1 is 1.16 bits per heavy atom. The quantitative estimate of drug-likeness (QED) is 0.356. The van der Waals surface area contributed by atoms with E-state index in [9.17, 15) is 5.11 Å². The predicted octanol–water partition coefficient (Wildman–Crippen LogP) is 5.34. The van der Waals surface area contributed by atoms with Gasteiger partial charge in [0, 0.05) is 31.0 Å². The smallest absolute Gasteiger partial charge is 0.136 e. The van der Waals surface area contributed by atoms with E-state index in [0.717, 1.165) is 28.3 Å². The number of nitrogens with one attached hydrogen (secondary N) is 1. The maximum atomic E-state index is 10.5. The lowest BCUT2D eigenvalue weighted by Gasteiger charge is -2.34. The fourth-order valence-corrected chi connectivity index (χ4v) is 5.09. The van der Waals surface area contributed by atoms with Gasteiger partial charge in [0.15, 0.2) is 0 Å². The predicted molar refractivity (Wildman–Crippen MR) is 127 cm³/mol. The second kappa shape index (κ2) is 9.54. The maximum absolute atomic E-state index is 10.5. The van der Waals surface area contributed by atoms with E-state index in [0.29, 0.717) is 26.0 Å². The number of fused-ring (bicyclic) bond motifs is 1. The molecule has 2 aliphatic rings. The molecule has 3 unspecified atom stereocenters. The van der Waals surface area contributed by atoms with E-state index in [2.05, 4.69) is 46.6 Å². The van der Waals surface area contributed by atoms with E-state index in [1.807, 2.05) is 19.1 Å². The fourth-order valence-electron chi connectivity index (χ4n) is 4.79. The van der Waals surface area contributed by atoms with Gasteiger partial charge >= 0.3 is 0 Å². The molecule has 1 aliphatic heterocycles. The lowest BCUT2D eigenvalue weighted by atomic mass is 10.0. The van der Waals surface area contributed by atoms with Crippen molar-refractivity contribution in [2.45, 2.75) is 63.4 Å². The summed E-state index contributed by atoms with van der Waals surface area (Å²) in [6.07, 6.45) is 5.95. The van der Waals surface area contributed by atoms with Crippen LogP contribution in [-0.2, 0) is 16.0 Å². The summed E-state index contributed by atoms with van der Waals surface area (Å²) in [5.41, 5.74) is 7.87. The van der Waals surface area contributed by atoms with E-state index in [1.165, 1.54) is 29.5 Å². The molecule has 5 rings (SSSR count). The third-order valence-corrected chi connectivity index (χ3v) is 6.85. The van der Waals surface area contributed by atoms with Crippen molar-refractivity contribution < 1.29 is 14.7 Å². The molecule has 1 aliphatic carbocycles. The molecule has 0 spiro atoms. The molecule has 1 saturated carbocycles. The molecule has 2 fully saturated rings. The zero-order valence-electron chi connectivity index (χ0n) is 18.5. The highest BCUT2D eigenvalue weighted by Crippen LogP contribution is 2.40. The molecular weight excluding hydrogens is 424 g/mol. The number of aliphatic hydroxyl groups excluding tert-OH is 1. The normalized spacial score (nSPS) is 23.7. The van der Waals surface area contributed by atoms with Gasteiger partial charge in [0.1, 0.15) is 6.23 Å². The van der Waals surface area contributed by atoms with Crippen LogP contribution in [0, 0.1) is 0 Å². The maximum Gasteiger partial charge on any atom is 0.136 e. The molecule has 0 amide bonds. The second-order valence-electron chi connectivity index (χ2n) is 9.01. The van der Waals surface area contributed by atoms with Crippen molar-refractivity contribution >= 4 is 22.5 Å². The number of benzene rings is 2. The van der Waals surface area contributed by atoms with Gasteiger partial charge in [0.05, 0.1) is 29.4 Å². The lowest BCUT2D eigenvalue weighted by Crippen LogP contribution is -2.39. The van der Waals surface area contributed by atoms with E-state index >= 15 is 0 Å². The van der Waals surface area contributed by atoms with Crippen LogP contribution >= 0.6 is 11.6 Å². The minimum absolute atomic E-state index is 0.120. The number of aliphatic hydroxyl groups is 1. The van der Waals surface area contributed by atoms with Crippen LogP contribution in [0.15, 0.2) is 48.7 Å². The van der Waals surface area contributed by atoms with Gasteiger partial charge in [-0.05, 0) is 60.9 Å². The van der Waals surface area contributed by atoms with Crippen LogP contribution in [0.5, 0.6) is 0 Å². The van der Waals surface area contributed by atoms with Crippen LogP contribution in [0.4, 0.5) is 0 Å². The number of hydrogen-bond acceptors (Lipinski definition) is 4. The van der Waals surface area contributed by atoms with E-state index in [-0.39, 0.29) is 12.3 Å². The summed E-state index contributed by atoms with van der Waals surface area (Å²) < 4.78 is 8.51. The van der Waals surface area contributed by atoms with Crippen LogP contribution in [0.3, 0.4) is 0 Å². The van der Waals surface area contributed by atoms with Crippen LogP contribution in [0.2, 0.25) is 5.02 Å². The van der Waals surface area contributed by atoms with E-state index in [4.69, 9.17) is 21.2 Å². The Morgan fingerprint density at radius 3 is 2.72 bits per heavy atom. The van der Waals surface area contributed by atoms with Crippen LogP contribution in [-0.4, -0.2) is 35.0 Å². The Bertz CT molecular complexity index is 1060. The van der Waals surface area contributed by atoms with Crippen molar-refractivity contribution in [3.63, 3.8) is 0 Å². The summed E-state index contributed by atoms with van der Waals surface area (Å²) in [7, 11) is 0. The zero-order valence-corrected chi connectivity index (χ0v) is 19.2. The van der Waals surface area contributed by atoms with Gasteiger partial charge < -0.3 is 19.2 Å². The van der Waals surface area contributed by atoms with Gasteiger partial charge in [-0.1, -0.05) is 41.9 Å². The monoisotopic (exact) mass is 454 g/mol. The minimum Gasteiger partial charge on any atom is -0.393 e. The molecule has 0 bridgehead atoms. The van der Waals surface area contributed by atoms with Gasteiger partial charge in [-0.25, -0.2) is 0 Å². The van der Waals surface area contributed by atoms with Crippen molar-refractivity contribution in [2.75, 3.05) is 13.2 Å². The van der Waals surface area contributed by atoms with Crippen LogP contribution in [0.25, 0.3) is 10.9 Å². The van der Waals surface area contributed by atoms with Crippen LogP contribution in [0.1, 0.15) is 61.4 Å². The fraction of sp³-hybridized carbons (Fsp3) is 0.462. The van der Waals surface area contributed by atoms with Gasteiger partial charge in [0.2, 0.25) is 0 Å². The average molecular weight is 455 g/mol. The molecule has 0 radical (unpaired) electrons. The van der Waals surface area contributed by atoms with Gasteiger partial charge in [-0.2, -0.15) is 5.48 Å². The minimum atomic E-state index is -0.419. The summed E-state index contributed by atoms with van der Waals surface area (Å²) in [5.74, 6) is 0.764. The third kappa shape index (κ3) is 4.73. The summed E-state index contributed by atoms with van der Waals surface area (Å²) in [5, 5.41) is 12.3. The van der Waals surface area contributed by atoms with Crippen molar-refractivity contribution in [3.05, 3.63) is 70.4 Å². The van der Waals surface area contributed by atoms with Crippen molar-refractivity contribution in [3.8, 4) is 0 Å². The molecule has 6 heteroatoms. The second-order valence-corrected chi connectivity index (χ2v) is 9.41. The van der Waals surface area contributed by atoms with Gasteiger partial charge in [0.25, 0.3) is 0 Å². The summed E-state index contributed by atoms with van der Waals surface area (Å²) in [6, 6.07) is 15.0. The number of hydrogen-bond donors (Lipinski definition) is 2. The highest BCUT2D eigenvalue weighted by atomic mass is 35.5. The molecule has 1 aromatic heterocycles. The van der Waals surface area contributed by atoms with Crippen molar-refractivity contribution in [1.29, 1.82) is 0 Å². The molecule has 5 nitrogen and oxygen atoms in total. The zero-order chi connectivity index (χ0) is 22.1. The summed E-state index contributed by atoms with van der Waals surface area (Å²) in [6.45, 7) is 3.06. The first-order chi connectivity index (χ1) is 15.6. The van der Waals surface area contributed by atoms with Crippen LogP contribution < -0.4 is 5.48 Å². The molecule has 32 heavy (non-hydrogen) atoms. The summed E-state index contributed by atoms with van der Waals surface area (Å²) >= 11 is 6.67. The van der Waals surface area contributed by atoms with Crippen molar-refractivity contribution in [1.82, 2.24) is 10.0 Å². The molecule has 2 heterocycles. The Hall–Kier alpha value is -1.89. The molecule has 1 saturated heterocycles. The van der Waals surface area contributed by atoms with Crippen molar-refractivity contribution in [2.24, 2.45) is 0 Å². The standard InChI is InChI=1S/C26H31ClN2O3/c1-2-31-28-15-22-13-21(30)14-25(32-22)29-16-20(26-23(27)4-3-5-24(26)29)12-17-6-8-18(9-7-17)19-10-11-19/h3-9,16,19,21-22,25,28,30H,2,10-15H2,1H3.